The van der Waals surface area contributed by atoms with E-state index < -0.39 is 0 Å². The van der Waals surface area contributed by atoms with E-state index >= 15 is 0 Å². The van der Waals surface area contributed by atoms with Gasteiger partial charge in [-0.05, 0) is 18.2 Å². The van der Waals surface area contributed by atoms with Crippen LogP contribution in [0.25, 0.3) is 16.2 Å². The highest BCUT2D eigenvalue weighted by atomic mass is 35.5. The second-order valence-electron chi connectivity index (χ2n) is 3.70. The van der Waals surface area contributed by atoms with Crippen molar-refractivity contribution in [1.29, 1.82) is 0 Å². The monoisotopic (exact) mass is 263 g/mol. The van der Waals surface area contributed by atoms with Gasteiger partial charge in [-0.15, -0.1) is 11.3 Å². The first-order valence-corrected chi connectivity index (χ1v) is 6.40. The number of fused-ring (bicyclic) bond motifs is 1. The highest BCUT2D eigenvalue weighted by molar-refractivity contribution is 7.19. The fourth-order valence-electron chi connectivity index (χ4n) is 1.80. The number of nitrogens with zero attached hydrogens (tertiary/aromatic N) is 2. The quantitative estimate of drug-likeness (QED) is 0.772. The van der Waals surface area contributed by atoms with Gasteiger partial charge >= 0.3 is 0 Å². The lowest BCUT2D eigenvalue weighted by molar-refractivity contribution is 1.04. The van der Waals surface area contributed by atoms with E-state index in [-0.39, 0.29) is 0 Å². The Hall–Kier alpha value is -1.36. The van der Waals surface area contributed by atoms with Gasteiger partial charge in [-0.2, -0.15) is 0 Å². The third kappa shape index (κ3) is 1.84. The van der Waals surface area contributed by atoms with Gasteiger partial charge in [0, 0.05) is 24.5 Å². The van der Waals surface area contributed by atoms with Crippen LogP contribution in [0.5, 0.6) is 0 Å². The van der Waals surface area contributed by atoms with Gasteiger partial charge < -0.3 is 10.1 Å². The molecule has 3 nitrogen and oxygen atoms in total. The van der Waals surface area contributed by atoms with Crippen LogP contribution in [0.4, 0.5) is 0 Å². The van der Waals surface area contributed by atoms with Gasteiger partial charge in [0.05, 0.1) is 14.9 Å². The van der Waals surface area contributed by atoms with Crippen LogP contribution in [-0.4, -0.2) is 9.38 Å². The van der Waals surface area contributed by atoms with Crippen LogP contribution < -0.4 is 5.73 Å². The van der Waals surface area contributed by atoms with Crippen molar-refractivity contribution in [2.45, 2.75) is 6.54 Å². The zero-order valence-corrected chi connectivity index (χ0v) is 10.5. The molecule has 3 aromatic rings. The van der Waals surface area contributed by atoms with Crippen LogP contribution in [0, 0.1) is 0 Å². The average molecular weight is 264 g/mol. The Morgan fingerprint density at radius 3 is 2.94 bits per heavy atom. The second-order valence-corrected chi connectivity index (χ2v) is 5.41. The summed E-state index contributed by atoms with van der Waals surface area (Å²) in [6, 6.07) is 7.84. The van der Waals surface area contributed by atoms with Crippen molar-refractivity contribution >= 4 is 28.6 Å². The van der Waals surface area contributed by atoms with Crippen LogP contribution in [0.3, 0.4) is 0 Å². The largest absolute Gasteiger partial charge is 0.326 e. The molecule has 0 bridgehead atoms. The Balaban J connectivity index is 2.19. The van der Waals surface area contributed by atoms with E-state index in [1.165, 1.54) is 11.3 Å². The van der Waals surface area contributed by atoms with Crippen molar-refractivity contribution in [3.8, 4) is 10.6 Å². The molecule has 0 radical (unpaired) electrons. The van der Waals surface area contributed by atoms with E-state index in [1.54, 1.807) is 0 Å². The summed E-state index contributed by atoms with van der Waals surface area (Å²) in [6.45, 7) is 0.492. The van der Waals surface area contributed by atoms with E-state index in [4.69, 9.17) is 17.3 Å². The molecule has 3 rings (SSSR count). The topological polar surface area (TPSA) is 43.3 Å². The molecule has 0 amide bonds. The summed E-state index contributed by atoms with van der Waals surface area (Å²) in [5.74, 6) is 0. The van der Waals surface area contributed by atoms with E-state index in [0.717, 1.165) is 26.1 Å². The van der Waals surface area contributed by atoms with Gasteiger partial charge in [0.2, 0.25) is 0 Å². The number of thiophene rings is 1. The maximum absolute atomic E-state index is 5.93. The molecule has 0 aromatic carbocycles. The third-order valence-corrected chi connectivity index (χ3v) is 3.86. The summed E-state index contributed by atoms with van der Waals surface area (Å²) in [7, 11) is 0. The van der Waals surface area contributed by atoms with Gasteiger partial charge in [-0.3, -0.25) is 0 Å². The van der Waals surface area contributed by atoms with E-state index in [1.807, 2.05) is 41.1 Å². The molecule has 0 spiro atoms. The predicted octanol–water partition coefficient (Wildman–Crippen LogP) is 3.17. The molecular weight excluding hydrogens is 254 g/mol. The maximum Gasteiger partial charge on any atom is 0.141 e. The Kier molecular flexibility index (Phi) is 2.63. The van der Waals surface area contributed by atoms with Crippen LogP contribution in [-0.2, 0) is 6.54 Å². The number of imidazole rings is 1. The zero-order chi connectivity index (χ0) is 11.8. The summed E-state index contributed by atoms with van der Waals surface area (Å²) in [4.78, 5) is 5.67. The Bertz CT molecular complexity index is 671. The molecule has 5 heteroatoms. The molecule has 0 saturated heterocycles. The molecule has 0 saturated carbocycles. The molecular formula is C12H10ClN3S. The Labute approximate surface area is 107 Å². The smallest absolute Gasteiger partial charge is 0.141 e. The van der Waals surface area contributed by atoms with Crippen molar-refractivity contribution in [1.82, 2.24) is 9.38 Å². The number of pyridine rings is 1. The first kappa shape index (κ1) is 10.8. The highest BCUT2D eigenvalue weighted by Crippen LogP contribution is 2.30. The summed E-state index contributed by atoms with van der Waals surface area (Å²) in [5, 5.41) is 0. The molecule has 2 N–H and O–H groups in total. The van der Waals surface area contributed by atoms with Crippen LogP contribution >= 0.6 is 22.9 Å². The lowest BCUT2D eigenvalue weighted by atomic mass is 10.3. The lowest BCUT2D eigenvalue weighted by Gasteiger charge is -1.97. The predicted molar refractivity (Wildman–Crippen MR) is 71.4 cm³/mol. The summed E-state index contributed by atoms with van der Waals surface area (Å²) >= 11 is 7.46. The van der Waals surface area contributed by atoms with Gasteiger partial charge in [0.1, 0.15) is 5.65 Å². The van der Waals surface area contributed by atoms with Crippen LogP contribution in [0.2, 0.25) is 4.34 Å². The minimum atomic E-state index is 0.492. The molecule has 17 heavy (non-hydrogen) atoms. The van der Waals surface area contributed by atoms with Gasteiger partial charge in [-0.1, -0.05) is 17.7 Å². The van der Waals surface area contributed by atoms with Gasteiger partial charge in [0.25, 0.3) is 0 Å². The number of hydrogen-bond donors (Lipinski definition) is 1. The fraction of sp³-hybridized carbons (Fsp3) is 0.0833. The van der Waals surface area contributed by atoms with Crippen LogP contribution in [0.1, 0.15) is 5.56 Å². The molecule has 0 aliphatic heterocycles. The minimum absolute atomic E-state index is 0.492. The van der Waals surface area contributed by atoms with Crippen molar-refractivity contribution < 1.29 is 0 Å². The number of aromatic nitrogens is 2. The lowest BCUT2D eigenvalue weighted by Crippen LogP contribution is -1.99. The van der Waals surface area contributed by atoms with Gasteiger partial charge in [0.15, 0.2) is 0 Å². The maximum atomic E-state index is 5.93. The third-order valence-electron chi connectivity index (χ3n) is 2.61. The molecule has 0 fully saturated rings. The molecule has 86 valence electrons. The highest BCUT2D eigenvalue weighted by Gasteiger charge is 2.08. The van der Waals surface area contributed by atoms with Gasteiger partial charge in [-0.25, -0.2) is 4.98 Å². The normalized spacial score (nSPS) is 11.2. The fourth-order valence-corrected chi connectivity index (χ4v) is 2.80. The molecule has 0 atom stereocenters. The van der Waals surface area contributed by atoms with Crippen molar-refractivity contribution in [2.24, 2.45) is 5.73 Å². The summed E-state index contributed by atoms with van der Waals surface area (Å²) < 4.78 is 2.77. The molecule has 0 unspecified atom stereocenters. The first-order chi connectivity index (χ1) is 8.28. The SMILES string of the molecule is NCc1cccn2cc(-c3ccc(Cl)s3)nc12. The number of hydrogen-bond acceptors (Lipinski definition) is 3. The van der Waals surface area contributed by atoms with Crippen LogP contribution in [0.15, 0.2) is 36.7 Å². The first-order valence-electron chi connectivity index (χ1n) is 5.20. The van der Waals surface area contributed by atoms with E-state index in [2.05, 4.69) is 4.98 Å². The molecule has 3 aromatic heterocycles. The average Bonchev–Trinajstić information content (AvgIpc) is 2.93. The molecule has 0 aliphatic carbocycles. The summed E-state index contributed by atoms with van der Waals surface area (Å²) in [6.07, 6.45) is 3.97. The van der Waals surface area contributed by atoms with Crippen molar-refractivity contribution in [3.05, 3.63) is 46.6 Å². The second kappa shape index (κ2) is 4.14. The number of halogens is 1. The Morgan fingerprint density at radius 1 is 1.35 bits per heavy atom. The van der Waals surface area contributed by atoms with Crippen molar-refractivity contribution in [3.63, 3.8) is 0 Å². The minimum Gasteiger partial charge on any atom is -0.326 e. The molecule has 3 heterocycles. The number of rotatable bonds is 2. The van der Waals surface area contributed by atoms with E-state index in [0.29, 0.717) is 6.54 Å². The summed E-state index contributed by atoms with van der Waals surface area (Å²) in [5.41, 5.74) is 8.58. The Morgan fingerprint density at radius 2 is 2.24 bits per heavy atom. The molecule has 0 aliphatic rings. The van der Waals surface area contributed by atoms with E-state index in [9.17, 15) is 0 Å². The number of nitrogens with two attached hydrogens (primary N) is 1. The van der Waals surface area contributed by atoms with Crippen molar-refractivity contribution in [2.75, 3.05) is 0 Å². The zero-order valence-electron chi connectivity index (χ0n) is 8.93. The standard InChI is InChI=1S/C12H10ClN3S/c13-11-4-3-10(17-11)9-7-16-5-1-2-8(6-14)12(16)15-9/h1-5,7H,6,14H2.